The Morgan fingerprint density at radius 3 is 2.52 bits per heavy atom. The fraction of sp³-hybridized carbons (Fsp3) is 0.400. The van der Waals surface area contributed by atoms with Crippen molar-refractivity contribution in [3.05, 3.63) is 70.5 Å². The van der Waals surface area contributed by atoms with Gasteiger partial charge in [-0.3, -0.25) is 4.79 Å². The zero-order chi connectivity index (χ0) is 21.5. The van der Waals surface area contributed by atoms with Gasteiger partial charge in [0.25, 0.3) is 5.56 Å². The lowest BCUT2D eigenvalue weighted by Crippen LogP contribution is -2.36. The van der Waals surface area contributed by atoms with E-state index in [0.29, 0.717) is 19.6 Å². The van der Waals surface area contributed by atoms with Gasteiger partial charge in [0, 0.05) is 37.8 Å². The van der Waals surface area contributed by atoms with Crippen LogP contribution < -0.4 is 15.6 Å². The summed E-state index contributed by atoms with van der Waals surface area (Å²) in [6.07, 6.45) is 3.76. The largest absolute Gasteiger partial charge is 0.457 e. The van der Waals surface area contributed by atoms with E-state index >= 15 is 0 Å². The molecule has 31 heavy (non-hydrogen) atoms. The van der Waals surface area contributed by atoms with Gasteiger partial charge in [-0.2, -0.15) is 0 Å². The fourth-order valence-electron chi connectivity index (χ4n) is 4.17. The minimum Gasteiger partial charge on any atom is -0.457 e. The number of pyridine rings is 1. The van der Waals surface area contributed by atoms with Crippen molar-refractivity contribution < 1.29 is 9.84 Å². The second-order valence-electron chi connectivity index (χ2n) is 8.06. The van der Waals surface area contributed by atoms with Crippen molar-refractivity contribution in [3.8, 4) is 11.5 Å². The highest BCUT2D eigenvalue weighted by Crippen LogP contribution is 2.25. The van der Waals surface area contributed by atoms with Gasteiger partial charge in [-0.15, -0.1) is 0 Å². The number of rotatable bonds is 9. The molecule has 0 saturated carbocycles. The quantitative estimate of drug-likeness (QED) is 0.519. The summed E-state index contributed by atoms with van der Waals surface area (Å²) in [7, 11) is 0. The molecule has 0 unspecified atom stereocenters. The smallest absolute Gasteiger partial charge is 0.255 e. The minimum absolute atomic E-state index is 0.0202. The summed E-state index contributed by atoms with van der Waals surface area (Å²) in [6.45, 7) is 4.69. The summed E-state index contributed by atoms with van der Waals surface area (Å²) in [5.74, 6) is 1.49. The van der Waals surface area contributed by atoms with Crippen molar-refractivity contribution in [3.63, 3.8) is 0 Å². The molecule has 1 aliphatic heterocycles. The molecule has 1 aromatic heterocycles. The third-order valence-electron chi connectivity index (χ3n) is 5.81. The first kappa shape index (κ1) is 21.6. The Balaban J connectivity index is 1.66. The average molecular weight is 422 g/mol. The number of nitrogens with one attached hydrogen (secondary N) is 1. The number of fused-ring (bicyclic) bond motifs is 1. The van der Waals surface area contributed by atoms with Crippen molar-refractivity contribution in [2.24, 2.45) is 0 Å². The highest BCUT2D eigenvalue weighted by atomic mass is 16.5. The molecule has 4 rings (SSSR count). The Labute approximate surface area is 183 Å². The zero-order valence-electron chi connectivity index (χ0n) is 17.9. The van der Waals surface area contributed by atoms with Crippen LogP contribution in [-0.2, 0) is 13.1 Å². The van der Waals surface area contributed by atoms with E-state index in [1.807, 2.05) is 59.2 Å². The molecule has 164 valence electrons. The molecule has 1 saturated heterocycles. The molecule has 0 spiro atoms. The Bertz CT molecular complexity index is 1040. The fourth-order valence-corrected chi connectivity index (χ4v) is 4.17. The van der Waals surface area contributed by atoms with Gasteiger partial charge in [0.2, 0.25) is 0 Å². The normalized spacial score (nSPS) is 14.7. The van der Waals surface area contributed by atoms with E-state index in [2.05, 4.69) is 10.2 Å². The number of para-hydroxylation sites is 1. The van der Waals surface area contributed by atoms with Crippen LogP contribution in [0.5, 0.6) is 11.5 Å². The third kappa shape index (κ3) is 5.53. The molecule has 1 aliphatic rings. The maximum atomic E-state index is 13.3. The molecule has 0 bridgehead atoms. The van der Waals surface area contributed by atoms with E-state index in [9.17, 15) is 4.79 Å². The van der Waals surface area contributed by atoms with Gasteiger partial charge in [0.1, 0.15) is 11.5 Å². The molecular formula is C25H31N3O3. The molecule has 2 aromatic carbocycles. The number of aromatic nitrogens is 1. The molecule has 0 amide bonds. The Morgan fingerprint density at radius 2 is 1.74 bits per heavy atom. The van der Waals surface area contributed by atoms with Crippen molar-refractivity contribution in [1.82, 2.24) is 14.8 Å². The number of hydrogen-bond acceptors (Lipinski definition) is 5. The number of hydrogen-bond donors (Lipinski definition) is 2. The summed E-state index contributed by atoms with van der Waals surface area (Å²) in [5.41, 5.74) is 1.63. The van der Waals surface area contributed by atoms with Crippen molar-refractivity contribution in [2.45, 2.75) is 32.4 Å². The minimum atomic E-state index is 0.0202. The van der Waals surface area contributed by atoms with Crippen molar-refractivity contribution >= 4 is 10.9 Å². The summed E-state index contributed by atoms with van der Waals surface area (Å²) in [5, 5.41) is 13.2. The van der Waals surface area contributed by atoms with Crippen LogP contribution in [0.3, 0.4) is 0 Å². The van der Waals surface area contributed by atoms with E-state index < -0.39 is 0 Å². The highest BCUT2D eigenvalue weighted by Gasteiger charge is 2.14. The molecule has 1 fully saturated rings. The third-order valence-corrected chi connectivity index (χ3v) is 5.81. The summed E-state index contributed by atoms with van der Waals surface area (Å²) in [4.78, 5) is 15.8. The second-order valence-corrected chi connectivity index (χ2v) is 8.06. The first-order valence-electron chi connectivity index (χ1n) is 11.2. The van der Waals surface area contributed by atoms with Gasteiger partial charge in [-0.05, 0) is 61.6 Å². The van der Waals surface area contributed by atoms with Gasteiger partial charge < -0.3 is 24.6 Å². The standard InChI is InChI=1S/C25H31N3O3/c29-16-11-26-19-21-17-20-9-10-23(31-22-7-3-1-4-8-22)18-24(20)28(25(21)30)15-14-27-12-5-2-6-13-27/h1,3-4,7-10,17-18,26,29H,2,5-6,11-16,19H2. The van der Waals surface area contributed by atoms with E-state index in [0.717, 1.165) is 47.6 Å². The van der Waals surface area contributed by atoms with Crippen LogP contribution in [0.1, 0.15) is 24.8 Å². The molecule has 0 atom stereocenters. The first-order valence-corrected chi connectivity index (χ1v) is 11.2. The van der Waals surface area contributed by atoms with Crippen LogP contribution in [0, 0.1) is 0 Å². The lowest BCUT2D eigenvalue weighted by molar-refractivity contribution is 0.221. The number of ether oxygens (including phenoxy) is 1. The molecule has 6 nitrogen and oxygen atoms in total. The maximum absolute atomic E-state index is 13.3. The zero-order valence-corrected chi connectivity index (χ0v) is 17.9. The Kier molecular flexibility index (Phi) is 7.35. The molecular weight excluding hydrogens is 390 g/mol. The molecule has 0 aliphatic carbocycles. The number of likely N-dealkylation sites (tertiary alicyclic amines) is 1. The Morgan fingerprint density at radius 1 is 0.935 bits per heavy atom. The Hall–Kier alpha value is -2.67. The van der Waals surface area contributed by atoms with Gasteiger partial charge in [0.05, 0.1) is 12.1 Å². The predicted molar refractivity (Wildman–Crippen MR) is 124 cm³/mol. The summed E-state index contributed by atoms with van der Waals surface area (Å²) < 4.78 is 7.91. The van der Waals surface area contributed by atoms with E-state index in [1.165, 1.54) is 19.3 Å². The topological polar surface area (TPSA) is 66.7 Å². The number of aliphatic hydroxyl groups is 1. The first-order chi connectivity index (χ1) is 15.2. The number of benzene rings is 2. The highest BCUT2D eigenvalue weighted by molar-refractivity contribution is 5.81. The lowest BCUT2D eigenvalue weighted by atomic mass is 10.1. The molecule has 6 heteroatoms. The van der Waals surface area contributed by atoms with Crippen LogP contribution in [0.4, 0.5) is 0 Å². The van der Waals surface area contributed by atoms with Gasteiger partial charge >= 0.3 is 0 Å². The van der Waals surface area contributed by atoms with Gasteiger partial charge in [0.15, 0.2) is 0 Å². The van der Waals surface area contributed by atoms with E-state index in [-0.39, 0.29) is 12.2 Å². The number of aliphatic hydroxyl groups excluding tert-OH is 1. The maximum Gasteiger partial charge on any atom is 0.255 e. The van der Waals surface area contributed by atoms with Crippen molar-refractivity contribution in [1.29, 1.82) is 0 Å². The van der Waals surface area contributed by atoms with Crippen LogP contribution in [0.15, 0.2) is 59.4 Å². The molecule has 3 aromatic rings. The molecule has 0 radical (unpaired) electrons. The summed E-state index contributed by atoms with van der Waals surface area (Å²) in [6, 6.07) is 17.6. The van der Waals surface area contributed by atoms with Gasteiger partial charge in [-0.25, -0.2) is 0 Å². The monoisotopic (exact) mass is 421 g/mol. The van der Waals surface area contributed by atoms with Crippen molar-refractivity contribution in [2.75, 3.05) is 32.8 Å². The van der Waals surface area contributed by atoms with Gasteiger partial charge in [-0.1, -0.05) is 24.6 Å². The summed E-state index contributed by atoms with van der Waals surface area (Å²) >= 11 is 0. The average Bonchev–Trinajstić information content (AvgIpc) is 2.81. The van der Waals surface area contributed by atoms with Crippen LogP contribution >= 0.6 is 0 Å². The molecule has 2 N–H and O–H groups in total. The number of nitrogens with zero attached hydrogens (tertiary/aromatic N) is 2. The van der Waals surface area contributed by atoms with Crippen LogP contribution in [0.2, 0.25) is 0 Å². The van der Waals surface area contributed by atoms with E-state index in [1.54, 1.807) is 0 Å². The van der Waals surface area contributed by atoms with Crippen LogP contribution in [0.25, 0.3) is 10.9 Å². The van der Waals surface area contributed by atoms with E-state index in [4.69, 9.17) is 9.84 Å². The second kappa shape index (κ2) is 10.6. The lowest BCUT2D eigenvalue weighted by Gasteiger charge is -2.27. The van der Waals surface area contributed by atoms with Crippen LogP contribution in [-0.4, -0.2) is 47.4 Å². The SMILES string of the molecule is O=c1c(CNCCO)cc2ccc(Oc3ccccc3)cc2n1CCN1CCCCC1. The predicted octanol–water partition coefficient (Wildman–Crippen LogP) is 3.36. The number of piperidine rings is 1. The molecule has 2 heterocycles.